The number of rotatable bonds is 4. The summed E-state index contributed by atoms with van der Waals surface area (Å²) < 4.78 is 0. The van der Waals surface area contributed by atoms with E-state index in [0.717, 1.165) is 0 Å². The third kappa shape index (κ3) is 2.56. The van der Waals surface area contributed by atoms with Gasteiger partial charge in [0.25, 0.3) is 5.91 Å². The first kappa shape index (κ1) is 12.7. The highest BCUT2D eigenvalue weighted by Crippen LogP contribution is 2.45. The zero-order valence-corrected chi connectivity index (χ0v) is 10.3. The summed E-state index contributed by atoms with van der Waals surface area (Å²) in [7, 11) is 0. The first-order chi connectivity index (χ1) is 8.43. The molecule has 96 valence electrons. The zero-order chi connectivity index (χ0) is 13.3. The van der Waals surface area contributed by atoms with Gasteiger partial charge in [-0.3, -0.25) is 9.59 Å². The van der Waals surface area contributed by atoms with E-state index in [1.54, 1.807) is 0 Å². The van der Waals surface area contributed by atoms with Crippen molar-refractivity contribution >= 4 is 29.2 Å². The minimum atomic E-state index is -0.867. The van der Waals surface area contributed by atoms with Gasteiger partial charge in [-0.25, -0.2) is 0 Å². The molecular weight excluding hydrogens is 256 g/mol. The number of nitrogens with one attached hydrogen (secondary N) is 1. The van der Waals surface area contributed by atoms with Crippen LogP contribution in [0.5, 0.6) is 0 Å². The predicted octanol–water partition coefficient (Wildman–Crippen LogP) is 1.52. The quantitative estimate of drug-likeness (QED) is 0.722. The van der Waals surface area contributed by atoms with Gasteiger partial charge in [-0.2, -0.15) is 0 Å². The average molecular weight is 269 g/mol. The molecule has 0 saturated heterocycles. The maximum atomic E-state index is 11.8. The molecule has 18 heavy (non-hydrogen) atoms. The van der Waals surface area contributed by atoms with E-state index in [4.69, 9.17) is 22.4 Å². The van der Waals surface area contributed by atoms with Gasteiger partial charge in [0.15, 0.2) is 0 Å². The number of aliphatic carboxylic acids is 1. The lowest BCUT2D eigenvalue weighted by molar-refractivity contribution is -0.143. The fourth-order valence-electron chi connectivity index (χ4n) is 1.71. The van der Waals surface area contributed by atoms with Crippen LogP contribution in [-0.2, 0) is 4.79 Å². The van der Waals surface area contributed by atoms with E-state index in [0.29, 0.717) is 29.1 Å². The van der Waals surface area contributed by atoms with Crippen molar-refractivity contribution in [1.82, 2.24) is 5.32 Å². The number of halogens is 1. The smallest absolute Gasteiger partial charge is 0.311 e. The fraction of sp³-hybridized carbons (Fsp3) is 0.333. The maximum absolute atomic E-state index is 11.8. The monoisotopic (exact) mass is 268 g/mol. The van der Waals surface area contributed by atoms with Crippen molar-refractivity contribution in [1.29, 1.82) is 0 Å². The molecule has 0 aliphatic heterocycles. The summed E-state index contributed by atoms with van der Waals surface area (Å²) in [5, 5.41) is 12.0. The van der Waals surface area contributed by atoms with E-state index in [2.05, 4.69) is 5.32 Å². The summed E-state index contributed by atoms with van der Waals surface area (Å²) in [5.74, 6) is -1.23. The number of carbonyl (C=O) groups is 2. The van der Waals surface area contributed by atoms with Crippen molar-refractivity contribution in [2.24, 2.45) is 5.41 Å². The van der Waals surface area contributed by atoms with Crippen LogP contribution < -0.4 is 11.1 Å². The Bertz CT molecular complexity index is 492. The number of carboxylic acid groups (broad SMARTS) is 1. The number of carbonyl (C=O) groups excluding carboxylic acids is 1. The van der Waals surface area contributed by atoms with Crippen LogP contribution in [0.3, 0.4) is 0 Å². The Labute approximate surface area is 109 Å². The second kappa shape index (κ2) is 4.49. The van der Waals surface area contributed by atoms with Gasteiger partial charge in [-0.05, 0) is 31.0 Å². The number of benzene rings is 1. The van der Waals surface area contributed by atoms with Crippen molar-refractivity contribution in [2.45, 2.75) is 12.8 Å². The van der Waals surface area contributed by atoms with Crippen molar-refractivity contribution in [3.8, 4) is 0 Å². The van der Waals surface area contributed by atoms with Crippen LogP contribution in [0.25, 0.3) is 0 Å². The summed E-state index contributed by atoms with van der Waals surface area (Å²) in [4.78, 5) is 22.8. The molecule has 5 nitrogen and oxygen atoms in total. The zero-order valence-electron chi connectivity index (χ0n) is 9.57. The summed E-state index contributed by atoms with van der Waals surface area (Å²) in [6.45, 7) is 0.133. The lowest BCUT2D eigenvalue weighted by Gasteiger charge is -2.11. The van der Waals surface area contributed by atoms with Gasteiger partial charge in [-0.15, -0.1) is 0 Å². The molecule has 0 bridgehead atoms. The molecule has 1 aliphatic rings. The van der Waals surface area contributed by atoms with Gasteiger partial charge in [0.1, 0.15) is 0 Å². The first-order valence-corrected chi connectivity index (χ1v) is 5.88. The lowest BCUT2D eigenvalue weighted by atomic mass is 10.1. The van der Waals surface area contributed by atoms with E-state index in [1.165, 1.54) is 18.2 Å². The van der Waals surface area contributed by atoms with Crippen molar-refractivity contribution in [3.63, 3.8) is 0 Å². The Morgan fingerprint density at radius 2 is 2.06 bits per heavy atom. The summed E-state index contributed by atoms with van der Waals surface area (Å²) >= 11 is 5.79. The Balaban J connectivity index is 2.02. The summed E-state index contributed by atoms with van der Waals surface area (Å²) in [5.41, 5.74) is 5.53. The van der Waals surface area contributed by atoms with Crippen LogP contribution in [0.15, 0.2) is 18.2 Å². The molecule has 4 N–H and O–H groups in total. The Hall–Kier alpha value is -1.75. The summed E-state index contributed by atoms with van der Waals surface area (Å²) in [6, 6.07) is 4.53. The predicted molar refractivity (Wildman–Crippen MR) is 67.5 cm³/mol. The van der Waals surface area contributed by atoms with E-state index in [-0.39, 0.29) is 12.5 Å². The molecule has 0 spiro atoms. The SMILES string of the molecule is Nc1cc(Cl)cc(C(=O)NCC2(C(=O)O)CC2)c1. The highest BCUT2D eigenvalue weighted by atomic mass is 35.5. The highest BCUT2D eigenvalue weighted by Gasteiger charge is 2.50. The molecular formula is C12H13ClN2O3. The Kier molecular flexibility index (Phi) is 3.17. The third-order valence-corrected chi connectivity index (χ3v) is 3.30. The van der Waals surface area contributed by atoms with Gasteiger partial charge >= 0.3 is 5.97 Å². The number of amides is 1. The van der Waals surface area contributed by atoms with Gasteiger partial charge in [-0.1, -0.05) is 11.6 Å². The number of nitrogens with two attached hydrogens (primary N) is 1. The second-order valence-electron chi connectivity index (χ2n) is 4.54. The van der Waals surface area contributed by atoms with E-state index in [1.807, 2.05) is 0 Å². The van der Waals surface area contributed by atoms with Crippen LogP contribution in [0.2, 0.25) is 5.02 Å². The fourth-order valence-corrected chi connectivity index (χ4v) is 1.96. The number of nitrogen functional groups attached to an aromatic ring is 1. The summed E-state index contributed by atoms with van der Waals surface area (Å²) in [6.07, 6.45) is 1.20. The Morgan fingerprint density at radius 1 is 1.39 bits per heavy atom. The van der Waals surface area contributed by atoms with Crippen LogP contribution in [0.1, 0.15) is 23.2 Å². The van der Waals surface area contributed by atoms with E-state index >= 15 is 0 Å². The van der Waals surface area contributed by atoms with Crippen LogP contribution in [0, 0.1) is 5.41 Å². The van der Waals surface area contributed by atoms with Crippen LogP contribution in [-0.4, -0.2) is 23.5 Å². The standard InChI is InChI=1S/C12H13ClN2O3/c13-8-3-7(4-9(14)5-8)10(16)15-6-12(1-2-12)11(17)18/h3-5H,1-2,6,14H2,(H,15,16)(H,17,18). The van der Waals surface area contributed by atoms with Gasteiger partial charge in [0.05, 0.1) is 5.41 Å². The minimum absolute atomic E-state index is 0.133. The number of anilines is 1. The normalized spacial score (nSPS) is 16.1. The molecule has 1 amide bonds. The van der Waals surface area contributed by atoms with Crippen LogP contribution >= 0.6 is 11.6 Å². The molecule has 2 rings (SSSR count). The number of hydrogen-bond donors (Lipinski definition) is 3. The van der Waals surface area contributed by atoms with Crippen molar-refractivity contribution in [3.05, 3.63) is 28.8 Å². The molecule has 0 atom stereocenters. The van der Waals surface area contributed by atoms with Crippen molar-refractivity contribution in [2.75, 3.05) is 12.3 Å². The molecule has 1 fully saturated rings. The molecule has 0 heterocycles. The first-order valence-electron chi connectivity index (χ1n) is 5.51. The van der Waals surface area contributed by atoms with Gasteiger partial charge in [0.2, 0.25) is 0 Å². The molecule has 0 unspecified atom stereocenters. The molecule has 1 aromatic carbocycles. The average Bonchev–Trinajstić information content (AvgIpc) is 3.05. The maximum Gasteiger partial charge on any atom is 0.311 e. The molecule has 1 aromatic rings. The van der Waals surface area contributed by atoms with Gasteiger partial charge < -0.3 is 16.2 Å². The lowest BCUT2D eigenvalue weighted by Crippen LogP contribution is -2.34. The second-order valence-corrected chi connectivity index (χ2v) is 4.98. The molecule has 0 radical (unpaired) electrons. The third-order valence-electron chi connectivity index (χ3n) is 3.08. The topological polar surface area (TPSA) is 92.4 Å². The molecule has 6 heteroatoms. The Morgan fingerprint density at radius 3 is 2.56 bits per heavy atom. The van der Waals surface area contributed by atoms with E-state index in [9.17, 15) is 9.59 Å². The van der Waals surface area contributed by atoms with Gasteiger partial charge in [0, 0.05) is 22.8 Å². The highest BCUT2D eigenvalue weighted by molar-refractivity contribution is 6.31. The number of hydrogen-bond acceptors (Lipinski definition) is 3. The van der Waals surface area contributed by atoms with E-state index < -0.39 is 11.4 Å². The molecule has 0 aromatic heterocycles. The molecule has 1 aliphatic carbocycles. The number of carboxylic acids is 1. The van der Waals surface area contributed by atoms with Crippen molar-refractivity contribution < 1.29 is 14.7 Å². The van der Waals surface area contributed by atoms with Crippen LogP contribution in [0.4, 0.5) is 5.69 Å². The largest absolute Gasteiger partial charge is 0.481 e. The minimum Gasteiger partial charge on any atom is -0.481 e. The molecule has 1 saturated carbocycles.